The highest BCUT2D eigenvalue weighted by Gasteiger charge is 2.31. The summed E-state index contributed by atoms with van der Waals surface area (Å²) in [5, 5.41) is 3.89. The van der Waals surface area contributed by atoms with Gasteiger partial charge in [-0.05, 0) is 50.7 Å². The van der Waals surface area contributed by atoms with E-state index in [2.05, 4.69) is 52.1 Å². The van der Waals surface area contributed by atoms with Gasteiger partial charge in [0.1, 0.15) is 11.5 Å². The number of aryl methyl sites for hydroxylation is 1. The van der Waals surface area contributed by atoms with E-state index >= 15 is 0 Å². The predicted octanol–water partition coefficient (Wildman–Crippen LogP) is 5.06. The van der Waals surface area contributed by atoms with Gasteiger partial charge in [-0.2, -0.15) is 0 Å². The number of furan rings is 1. The van der Waals surface area contributed by atoms with Gasteiger partial charge in [-0.15, -0.1) is 0 Å². The molecule has 0 saturated heterocycles. The zero-order valence-electron chi connectivity index (χ0n) is 14.7. The Labute approximate surface area is 130 Å². The quantitative estimate of drug-likeness (QED) is 0.820. The molecule has 0 aliphatic heterocycles. The first-order valence-electron chi connectivity index (χ1n) is 8.62. The molecule has 0 unspecified atom stereocenters. The molecule has 2 rings (SSSR count). The molecule has 4 atom stereocenters. The largest absolute Gasteiger partial charge is 0.466 e. The minimum atomic E-state index is 0.0875. The Hall–Kier alpha value is -0.760. The van der Waals surface area contributed by atoms with Crippen LogP contribution < -0.4 is 5.32 Å². The molecule has 1 heterocycles. The summed E-state index contributed by atoms with van der Waals surface area (Å²) in [6.07, 6.45) is 5.20. The molecule has 1 aliphatic rings. The van der Waals surface area contributed by atoms with E-state index in [0.717, 1.165) is 29.8 Å². The van der Waals surface area contributed by atoms with E-state index < -0.39 is 0 Å². The molecule has 0 radical (unpaired) electrons. The maximum Gasteiger partial charge on any atom is 0.109 e. The lowest BCUT2D eigenvalue weighted by Crippen LogP contribution is -2.46. The third kappa shape index (κ3) is 4.12. The Morgan fingerprint density at radius 3 is 2.62 bits per heavy atom. The normalized spacial score (nSPS) is 28.6. The average molecular weight is 291 g/mol. The highest BCUT2D eigenvalue weighted by molar-refractivity contribution is 5.15. The third-order valence-corrected chi connectivity index (χ3v) is 5.43. The fourth-order valence-electron chi connectivity index (χ4n) is 3.91. The topological polar surface area (TPSA) is 25.2 Å². The predicted molar refractivity (Wildman–Crippen MR) is 89.7 cm³/mol. The van der Waals surface area contributed by atoms with Crippen LogP contribution in [0.3, 0.4) is 0 Å². The monoisotopic (exact) mass is 291 g/mol. The number of nitrogens with one attached hydrogen (secondary N) is 1. The Balaban J connectivity index is 1.93. The summed E-state index contributed by atoms with van der Waals surface area (Å²) in [5.41, 5.74) is 0.0875. The number of hydrogen-bond acceptors (Lipinski definition) is 2. The fourth-order valence-corrected chi connectivity index (χ4v) is 3.91. The van der Waals surface area contributed by atoms with E-state index in [1.54, 1.807) is 0 Å². The van der Waals surface area contributed by atoms with Crippen LogP contribution in [0.2, 0.25) is 0 Å². The van der Waals surface area contributed by atoms with Gasteiger partial charge in [0.25, 0.3) is 0 Å². The minimum Gasteiger partial charge on any atom is -0.466 e. The third-order valence-electron chi connectivity index (χ3n) is 5.43. The first-order valence-corrected chi connectivity index (χ1v) is 8.62. The SMILES string of the molecule is Cc1ccc(C(C)(C)C[C@H](C)N[C@H]2CCC[C@H](C)[C@@H]2C)o1. The Bertz CT molecular complexity index is 448. The molecule has 2 heteroatoms. The molecule has 1 aromatic rings. The number of rotatable bonds is 5. The summed E-state index contributed by atoms with van der Waals surface area (Å²) in [6.45, 7) is 13.7. The van der Waals surface area contributed by atoms with Crippen LogP contribution in [0.4, 0.5) is 0 Å². The average Bonchev–Trinajstić information content (AvgIpc) is 2.82. The van der Waals surface area contributed by atoms with Crippen LogP contribution >= 0.6 is 0 Å². The minimum absolute atomic E-state index is 0.0875. The van der Waals surface area contributed by atoms with Crippen molar-refractivity contribution >= 4 is 0 Å². The molecular weight excluding hydrogens is 258 g/mol. The van der Waals surface area contributed by atoms with Gasteiger partial charge >= 0.3 is 0 Å². The van der Waals surface area contributed by atoms with E-state index in [9.17, 15) is 0 Å². The van der Waals surface area contributed by atoms with Gasteiger partial charge in [-0.3, -0.25) is 0 Å². The maximum absolute atomic E-state index is 5.85. The maximum atomic E-state index is 5.85. The van der Waals surface area contributed by atoms with Crippen molar-refractivity contribution in [3.63, 3.8) is 0 Å². The highest BCUT2D eigenvalue weighted by atomic mass is 16.3. The fraction of sp³-hybridized carbons (Fsp3) is 0.789. The zero-order valence-corrected chi connectivity index (χ0v) is 14.7. The molecule has 1 fully saturated rings. The molecule has 2 nitrogen and oxygen atoms in total. The van der Waals surface area contributed by atoms with Crippen LogP contribution in [-0.4, -0.2) is 12.1 Å². The molecule has 0 aromatic carbocycles. The van der Waals surface area contributed by atoms with Crippen LogP contribution in [0, 0.1) is 18.8 Å². The van der Waals surface area contributed by atoms with Gasteiger partial charge in [0.2, 0.25) is 0 Å². The Morgan fingerprint density at radius 1 is 1.29 bits per heavy atom. The van der Waals surface area contributed by atoms with Crippen molar-refractivity contribution in [2.75, 3.05) is 0 Å². The van der Waals surface area contributed by atoms with Crippen molar-refractivity contribution in [1.29, 1.82) is 0 Å². The molecule has 1 aromatic heterocycles. The van der Waals surface area contributed by atoms with Gasteiger partial charge in [-0.1, -0.05) is 40.5 Å². The van der Waals surface area contributed by atoms with Gasteiger partial charge in [0.05, 0.1) is 0 Å². The van der Waals surface area contributed by atoms with Crippen LogP contribution in [0.15, 0.2) is 16.5 Å². The first kappa shape index (κ1) is 16.6. The molecule has 0 bridgehead atoms. The number of hydrogen-bond donors (Lipinski definition) is 1. The molecule has 1 saturated carbocycles. The van der Waals surface area contributed by atoms with E-state index in [1.807, 2.05) is 6.92 Å². The Morgan fingerprint density at radius 2 is 2.00 bits per heavy atom. The van der Waals surface area contributed by atoms with Gasteiger partial charge in [0, 0.05) is 17.5 Å². The summed E-state index contributed by atoms with van der Waals surface area (Å²) < 4.78 is 5.85. The van der Waals surface area contributed by atoms with Crippen LogP contribution in [0.1, 0.15) is 71.8 Å². The zero-order chi connectivity index (χ0) is 15.6. The summed E-state index contributed by atoms with van der Waals surface area (Å²) >= 11 is 0. The second-order valence-corrected chi connectivity index (χ2v) is 7.94. The second-order valence-electron chi connectivity index (χ2n) is 7.94. The molecule has 120 valence electrons. The molecule has 21 heavy (non-hydrogen) atoms. The van der Waals surface area contributed by atoms with Crippen LogP contribution in [0.5, 0.6) is 0 Å². The van der Waals surface area contributed by atoms with Crippen LogP contribution in [-0.2, 0) is 5.41 Å². The van der Waals surface area contributed by atoms with Crippen LogP contribution in [0.25, 0.3) is 0 Å². The van der Waals surface area contributed by atoms with Gasteiger partial charge in [-0.25, -0.2) is 0 Å². The highest BCUT2D eigenvalue weighted by Crippen LogP contribution is 2.32. The van der Waals surface area contributed by atoms with Crippen molar-refractivity contribution in [2.45, 2.75) is 84.7 Å². The van der Waals surface area contributed by atoms with Crippen molar-refractivity contribution in [3.8, 4) is 0 Å². The lowest BCUT2D eigenvalue weighted by molar-refractivity contribution is 0.186. The smallest absolute Gasteiger partial charge is 0.109 e. The molecule has 0 amide bonds. The van der Waals surface area contributed by atoms with Gasteiger partial charge < -0.3 is 9.73 Å². The van der Waals surface area contributed by atoms with Crippen molar-refractivity contribution < 1.29 is 4.42 Å². The van der Waals surface area contributed by atoms with Crippen molar-refractivity contribution in [2.24, 2.45) is 11.8 Å². The van der Waals surface area contributed by atoms with E-state index in [1.165, 1.54) is 19.3 Å². The molecule has 1 N–H and O–H groups in total. The Kier molecular flexibility index (Phi) is 5.19. The summed E-state index contributed by atoms with van der Waals surface area (Å²) in [6, 6.07) is 5.40. The van der Waals surface area contributed by atoms with E-state index in [-0.39, 0.29) is 5.41 Å². The lowest BCUT2D eigenvalue weighted by Gasteiger charge is -2.38. The van der Waals surface area contributed by atoms with E-state index in [0.29, 0.717) is 12.1 Å². The molecule has 1 aliphatic carbocycles. The molecular formula is C19H33NO. The molecule has 0 spiro atoms. The lowest BCUT2D eigenvalue weighted by atomic mass is 9.77. The standard InChI is InChI=1S/C19H33NO/c1-13-8-7-9-17(16(13)4)20-14(2)12-19(5,6)18-11-10-15(3)21-18/h10-11,13-14,16-17,20H,7-9,12H2,1-6H3/t13-,14-,16-,17-/m0/s1. The van der Waals surface area contributed by atoms with Gasteiger partial charge in [0.15, 0.2) is 0 Å². The summed E-state index contributed by atoms with van der Waals surface area (Å²) in [7, 11) is 0. The second kappa shape index (κ2) is 6.56. The first-order chi connectivity index (χ1) is 9.79. The summed E-state index contributed by atoms with van der Waals surface area (Å²) in [5.74, 6) is 3.76. The van der Waals surface area contributed by atoms with Crippen molar-refractivity contribution in [3.05, 3.63) is 23.7 Å². The summed E-state index contributed by atoms with van der Waals surface area (Å²) in [4.78, 5) is 0. The van der Waals surface area contributed by atoms with E-state index in [4.69, 9.17) is 4.42 Å². The van der Waals surface area contributed by atoms with Crippen molar-refractivity contribution in [1.82, 2.24) is 5.32 Å².